The van der Waals surface area contributed by atoms with Gasteiger partial charge in [0.1, 0.15) is 0 Å². The van der Waals surface area contributed by atoms with E-state index in [4.69, 9.17) is 9.29 Å². The number of ether oxygens (including phenoxy) is 1. The zero-order valence-corrected chi connectivity index (χ0v) is 16.8. The van der Waals surface area contributed by atoms with Crippen molar-refractivity contribution in [2.75, 3.05) is 12.4 Å². The Kier molecular flexibility index (Phi) is 19.3. The summed E-state index contributed by atoms with van der Waals surface area (Å²) < 4.78 is 34.1. The molecule has 0 aromatic carbocycles. The van der Waals surface area contributed by atoms with Crippen LogP contribution in [0.1, 0.15) is 96.8 Å². The van der Waals surface area contributed by atoms with Gasteiger partial charge in [0.15, 0.2) is 5.75 Å². The van der Waals surface area contributed by atoms with Gasteiger partial charge >= 0.3 is 5.97 Å². The van der Waals surface area contributed by atoms with E-state index in [-0.39, 0.29) is 12.8 Å². The van der Waals surface area contributed by atoms with Crippen molar-refractivity contribution >= 4 is 16.1 Å². The molecule has 25 heavy (non-hydrogen) atoms. The Balaban J connectivity index is 0. The van der Waals surface area contributed by atoms with Crippen LogP contribution in [0.15, 0.2) is 0 Å². The molecule has 0 aromatic heterocycles. The summed E-state index contributed by atoms with van der Waals surface area (Å²) in [6, 6.07) is 0. The first-order chi connectivity index (χ1) is 11.5. The number of hydrogen-bond donors (Lipinski definition) is 2. The van der Waals surface area contributed by atoms with Gasteiger partial charge < -0.3 is 10.9 Å². The second-order valence-electron chi connectivity index (χ2n) is 6.54. The summed E-state index contributed by atoms with van der Waals surface area (Å²) in [4.78, 5) is 11.0. The minimum atomic E-state index is -4.27. The molecule has 0 amide bonds. The molecule has 4 N–H and O–H groups in total. The third-order valence-corrected chi connectivity index (χ3v) is 4.66. The monoisotopic (exact) mass is 381 g/mol. The maximum Gasteiger partial charge on any atom is 0.323 e. The van der Waals surface area contributed by atoms with Crippen molar-refractivity contribution in [2.45, 2.75) is 96.8 Å². The Morgan fingerprint density at radius 2 is 1.12 bits per heavy atom. The summed E-state index contributed by atoms with van der Waals surface area (Å²) in [6.07, 6.45) is 17.5. The van der Waals surface area contributed by atoms with E-state index in [1.807, 2.05) is 0 Å². The van der Waals surface area contributed by atoms with Gasteiger partial charge in [-0.2, -0.15) is 8.42 Å². The van der Waals surface area contributed by atoms with E-state index >= 15 is 0 Å². The highest BCUT2D eigenvalue weighted by atomic mass is 32.2. The van der Waals surface area contributed by atoms with Crippen molar-refractivity contribution in [3.63, 3.8) is 0 Å². The van der Waals surface area contributed by atoms with E-state index in [2.05, 4.69) is 6.92 Å². The van der Waals surface area contributed by atoms with Crippen LogP contribution in [0.2, 0.25) is 0 Å². The molecule has 0 fully saturated rings. The summed E-state index contributed by atoms with van der Waals surface area (Å²) in [5.74, 6) is -1.84. The second kappa shape index (κ2) is 18.1. The van der Waals surface area contributed by atoms with Gasteiger partial charge in [-0.25, -0.2) is 0 Å². The molecule has 6 nitrogen and oxygen atoms in total. The van der Waals surface area contributed by atoms with Crippen LogP contribution in [0, 0.1) is 0 Å². The van der Waals surface area contributed by atoms with Crippen LogP contribution in [0.5, 0.6) is 0 Å². The first-order valence-electron chi connectivity index (χ1n) is 9.56. The molecule has 0 rings (SSSR count). The van der Waals surface area contributed by atoms with Crippen LogP contribution in [0.25, 0.3) is 0 Å². The molecule has 0 heterocycles. The molecule has 0 spiro atoms. The number of carbonyl (C=O) groups excluding carboxylic acids is 1. The summed E-state index contributed by atoms with van der Waals surface area (Å²) in [6.45, 7) is 2.48. The third kappa shape index (κ3) is 23.3. The highest BCUT2D eigenvalue weighted by molar-refractivity contribution is 7.86. The molecular formula is C18H39NO5S. The molecule has 0 atom stereocenters. The topological polar surface area (TPSA) is 116 Å². The molecule has 152 valence electrons. The van der Waals surface area contributed by atoms with Crippen molar-refractivity contribution in [3.8, 4) is 0 Å². The van der Waals surface area contributed by atoms with Gasteiger partial charge in [0.25, 0.3) is 10.1 Å². The smallest absolute Gasteiger partial charge is 0.323 e. The minimum absolute atomic E-state index is 0. The van der Waals surface area contributed by atoms with Gasteiger partial charge in [0, 0.05) is 0 Å². The Bertz CT molecular complexity index is 398. The number of rotatable bonds is 17. The number of esters is 1. The van der Waals surface area contributed by atoms with Crippen molar-refractivity contribution in [1.29, 1.82) is 0 Å². The van der Waals surface area contributed by atoms with Crippen molar-refractivity contribution in [2.24, 2.45) is 0 Å². The Morgan fingerprint density at radius 1 is 0.760 bits per heavy atom. The lowest BCUT2D eigenvalue weighted by molar-refractivity contribution is -0.140. The second-order valence-corrected chi connectivity index (χ2v) is 8.00. The first kappa shape index (κ1) is 26.6. The van der Waals surface area contributed by atoms with Gasteiger partial charge in [0.2, 0.25) is 0 Å². The summed E-state index contributed by atoms with van der Waals surface area (Å²) in [5.41, 5.74) is 0. The van der Waals surface area contributed by atoms with Crippen LogP contribution in [0.3, 0.4) is 0 Å². The fourth-order valence-corrected chi connectivity index (χ4v) is 3.05. The number of unbranched alkanes of at least 4 members (excludes halogenated alkanes) is 13. The maximum absolute atomic E-state index is 11.0. The largest absolute Gasteiger partial charge is 0.465 e. The van der Waals surface area contributed by atoms with Crippen molar-refractivity contribution < 1.29 is 22.5 Å². The normalized spacial score (nSPS) is 11.1. The van der Waals surface area contributed by atoms with Gasteiger partial charge in [-0.1, -0.05) is 90.4 Å². The molecular weight excluding hydrogens is 342 g/mol. The van der Waals surface area contributed by atoms with Crippen LogP contribution in [0.4, 0.5) is 0 Å². The van der Waals surface area contributed by atoms with Crippen molar-refractivity contribution in [3.05, 3.63) is 0 Å². The quantitative estimate of drug-likeness (QED) is 0.207. The summed E-state index contributed by atoms with van der Waals surface area (Å²) >= 11 is 0. The molecule has 0 unspecified atom stereocenters. The summed E-state index contributed by atoms with van der Waals surface area (Å²) in [7, 11) is -4.27. The molecule has 7 heteroatoms. The van der Waals surface area contributed by atoms with E-state index in [9.17, 15) is 13.2 Å². The zero-order chi connectivity index (χ0) is 18.1. The fraction of sp³-hybridized carbons (Fsp3) is 0.944. The van der Waals surface area contributed by atoms with E-state index in [1.165, 1.54) is 70.6 Å². The highest BCUT2D eigenvalue weighted by Gasteiger charge is 2.13. The molecule has 0 bridgehead atoms. The lowest BCUT2D eigenvalue weighted by Gasteiger charge is -2.04. The minimum Gasteiger partial charge on any atom is -0.465 e. The van der Waals surface area contributed by atoms with Gasteiger partial charge in [-0.05, 0) is 6.42 Å². The number of carbonyl (C=O) groups is 1. The lowest BCUT2D eigenvalue weighted by atomic mass is 10.0. The van der Waals surface area contributed by atoms with Gasteiger partial charge in [-0.3, -0.25) is 9.35 Å². The lowest BCUT2D eigenvalue weighted by Crippen LogP contribution is -2.18. The van der Waals surface area contributed by atoms with Crippen LogP contribution >= 0.6 is 0 Å². The van der Waals surface area contributed by atoms with E-state index in [1.54, 1.807) is 0 Å². The maximum atomic E-state index is 11.0. The van der Waals surface area contributed by atoms with Crippen LogP contribution < -0.4 is 6.15 Å². The Morgan fingerprint density at radius 3 is 1.48 bits per heavy atom. The van der Waals surface area contributed by atoms with Gasteiger partial charge in [0.05, 0.1) is 6.61 Å². The average molecular weight is 382 g/mol. The van der Waals surface area contributed by atoms with Crippen LogP contribution in [-0.4, -0.2) is 31.3 Å². The summed E-state index contributed by atoms with van der Waals surface area (Å²) in [5, 5.41) is 0. The molecule has 0 aromatic rings. The van der Waals surface area contributed by atoms with E-state index < -0.39 is 21.8 Å². The fourth-order valence-electron chi connectivity index (χ4n) is 2.67. The van der Waals surface area contributed by atoms with E-state index in [0.717, 1.165) is 19.3 Å². The molecule has 0 saturated carbocycles. The van der Waals surface area contributed by atoms with Gasteiger partial charge in [-0.15, -0.1) is 0 Å². The SMILES string of the molecule is CCCCCCCCCCCCCCCCOC(=O)CS(=O)(=O)O.N. The third-order valence-electron chi connectivity index (χ3n) is 4.06. The highest BCUT2D eigenvalue weighted by Crippen LogP contribution is 2.12. The number of hydrogen-bond acceptors (Lipinski definition) is 5. The molecule has 0 aliphatic carbocycles. The molecule has 0 radical (unpaired) electrons. The Hall–Kier alpha value is -0.660. The molecule has 0 aliphatic heterocycles. The average Bonchev–Trinajstić information content (AvgIpc) is 2.49. The van der Waals surface area contributed by atoms with Crippen molar-refractivity contribution in [1.82, 2.24) is 6.15 Å². The standard InChI is InChI=1S/C18H36O5S.H3N/c1-2-3-4-5-6-7-8-9-10-11-12-13-14-15-16-23-18(19)17-24(20,21)22;/h2-17H2,1H3,(H,20,21,22);1H3. The first-order valence-corrected chi connectivity index (χ1v) is 11.2. The predicted octanol–water partition coefficient (Wildman–Crippen LogP) is 5.06. The molecule has 0 aliphatic rings. The molecule has 0 saturated heterocycles. The van der Waals surface area contributed by atoms with Crippen LogP contribution in [-0.2, 0) is 19.6 Å². The predicted molar refractivity (Wildman–Crippen MR) is 103 cm³/mol. The van der Waals surface area contributed by atoms with E-state index in [0.29, 0.717) is 0 Å². The zero-order valence-electron chi connectivity index (χ0n) is 16.0. The Labute approximate surface area is 154 Å².